The number of thiophene rings is 1. The van der Waals surface area contributed by atoms with E-state index in [1.165, 1.54) is 15.6 Å². The second-order valence-electron chi connectivity index (χ2n) is 4.20. The highest BCUT2D eigenvalue weighted by atomic mass is 79.9. The molecule has 1 unspecified atom stereocenters. The summed E-state index contributed by atoms with van der Waals surface area (Å²) in [5, 5.41) is 0. The SMILES string of the molecule is Cc1cc(S(=O)(=O)N2CCCC2C(N)=S)sc1Br. The summed E-state index contributed by atoms with van der Waals surface area (Å²) < 4.78 is 27.6. The molecule has 0 aliphatic carbocycles. The van der Waals surface area contributed by atoms with Crippen molar-refractivity contribution in [1.29, 1.82) is 0 Å². The van der Waals surface area contributed by atoms with Gasteiger partial charge in [-0.1, -0.05) is 12.2 Å². The fourth-order valence-electron chi connectivity index (χ4n) is 1.99. The third kappa shape index (κ3) is 2.49. The van der Waals surface area contributed by atoms with Crippen molar-refractivity contribution in [2.24, 2.45) is 5.73 Å². The molecule has 1 saturated heterocycles. The summed E-state index contributed by atoms with van der Waals surface area (Å²) in [7, 11) is -3.48. The quantitative estimate of drug-likeness (QED) is 0.831. The molecule has 4 nitrogen and oxygen atoms in total. The summed E-state index contributed by atoms with van der Waals surface area (Å²) in [6.45, 7) is 2.35. The van der Waals surface area contributed by atoms with E-state index < -0.39 is 10.0 Å². The van der Waals surface area contributed by atoms with Crippen LogP contribution in [0.4, 0.5) is 0 Å². The Bertz CT molecular complexity index is 562. The number of nitrogens with two attached hydrogens (primary N) is 1. The molecule has 1 aliphatic heterocycles. The van der Waals surface area contributed by atoms with Crippen molar-refractivity contribution in [2.45, 2.75) is 30.0 Å². The lowest BCUT2D eigenvalue weighted by atomic mass is 10.2. The minimum Gasteiger partial charge on any atom is -0.392 e. The largest absolute Gasteiger partial charge is 0.392 e. The summed E-state index contributed by atoms with van der Waals surface area (Å²) in [4.78, 5) is 0.253. The standard InChI is InChI=1S/C10H13BrN2O2S3/c1-6-5-8(17-9(6)11)18(14,15)13-4-2-3-7(13)10(12)16/h5,7H,2-4H2,1H3,(H2,12,16). The molecule has 0 spiro atoms. The third-order valence-electron chi connectivity index (χ3n) is 2.93. The van der Waals surface area contributed by atoms with Gasteiger partial charge in [0.05, 0.1) is 14.8 Å². The monoisotopic (exact) mass is 368 g/mol. The average Bonchev–Trinajstić information content (AvgIpc) is 2.87. The van der Waals surface area contributed by atoms with E-state index in [-0.39, 0.29) is 11.0 Å². The lowest BCUT2D eigenvalue weighted by molar-refractivity contribution is 0.448. The maximum absolute atomic E-state index is 12.5. The van der Waals surface area contributed by atoms with Crippen molar-refractivity contribution in [3.8, 4) is 0 Å². The molecule has 1 aliphatic rings. The number of thiocarbonyl (C=S) groups is 1. The van der Waals surface area contributed by atoms with Crippen molar-refractivity contribution in [3.63, 3.8) is 0 Å². The van der Waals surface area contributed by atoms with Crippen molar-refractivity contribution in [1.82, 2.24) is 4.31 Å². The molecule has 0 amide bonds. The summed E-state index contributed by atoms with van der Waals surface area (Å²) in [6, 6.07) is 1.34. The van der Waals surface area contributed by atoms with E-state index >= 15 is 0 Å². The Kier molecular flexibility index (Phi) is 4.13. The number of aryl methyl sites for hydroxylation is 1. The molecule has 2 N–H and O–H groups in total. The maximum atomic E-state index is 12.5. The van der Waals surface area contributed by atoms with Crippen molar-refractivity contribution >= 4 is 54.5 Å². The highest BCUT2D eigenvalue weighted by Crippen LogP contribution is 2.34. The van der Waals surface area contributed by atoms with Gasteiger partial charge in [-0.2, -0.15) is 4.31 Å². The van der Waals surface area contributed by atoms with Crippen LogP contribution in [-0.2, 0) is 10.0 Å². The van der Waals surface area contributed by atoms with Crippen LogP contribution in [0.1, 0.15) is 18.4 Å². The summed E-state index contributed by atoms with van der Waals surface area (Å²) in [5.74, 6) is 0. The normalized spacial score (nSPS) is 21.3. The van der Waals surface area contributed by atoms with Gasteiger partial charge in [0, 0.05) is 6.54 Å². The van der Waals surface area contributed by atoms with Crippen LogP contribution in [0.25, 0.3) is 0 Å². The number of hydrogen-bond acceptors (Lipinski definition) is 4. The Balaban J connectivity index is 2.39. The molecular weight excluding hydrogens is 356 g/mol. The minimum atomic E-state index is -3.48. The van der Waals surface area contributed by atoms with Gasteiger partial charge in [0.2, 0.25) is 0 Å². The topological polar surface area (TPSA) is 63.4 Å². The summed E-state index contributed by atoms with van der Waals surface area (Å²) in [6.07, 6.45) is 1.51. The Morgan fingerprint density at radius 1 is 1.67 bits per heavy atom. The molecule has 0 bridgehead atoms. The number of hydrogen-bond donors (Lipinski definition) is 1. The van der Waals surface area contributed by atoms with Crippen molar-refractivity contribution in [3.05, 3.63) is 15.4 Å². The van der Waals surface area contributed by atoms with Gasteiger partial charge in [-0.15, -0.1) is 11.3 Å². The van der Waals surface area contributed by atoms with Gasteiger partial charge in [0.25, 0.3) is 10.0 Å². The van der Waals surface area contributed by atoms with Gasteiger partial charge in [-0.25, -0.2) is 8.42 Å². The molecule has 1 atom stereocenters. The Labute approximate surface area is 124 Å². The van der Waals surface area contributed by atoms with E-state index in [2.05, 4.69) is 15.9 Å². The molecular formula is C10H13BrN2O2S3. The molecule has 1 aromatic heterocycles. The van der Waals surface area contributed by atoms with Crippen LogP contribution in [0.15, 0.2) is 14.1 Å². The zero-order chi connectivity index (χ0) is 13.5. The number of halogens is 1. The molecule has 0 aromatic carbocycles. The molecule has 2 rings (SSSR count). The highest BCUT2D eigenvalue weighted by Gasteiger charge is 2.37. The van der Waals surface area contributed by atoms with Crippen LogP contribution in [0, 0.1) is 6.92 Å². The molecule has 18 heavy (non-hydrogen) atoms. The molecule has 0 saturated carbocycles. The van der Waals surface area contributed by atoms with Gasteiger partial charge in [0.15, 0.2) is 0 Å². The predicted octanol–water partition coefficient (Wildman–Crippen LogP) is 2.26. The number of sulfonamides is 1. The van der Waals surface area contributed by atoms with Crippen molar-refractivity contribution < 1.29 is 8.42 Å². The summed E-state index contributed by atoms with van der Waals surface area (Å²) in [5.41, 5.74) is 6.54. The summed E-state index contributed by atoms with van der Waals surface area (Å²) >= 11 is 9.52. The first kappa shape index (κ1) is 14.4. The fraction of sp³-hybridized carbons (Fsp3) is 0.500. The lowest BCUT2D eigenvalue weighted by Gasteiger charge is -2.22. The van der Waals surface area contributed by atoms with E-state index in [1.807, 2.05) is 6.92 Å². The highest BCUT2D eigenvalue weighted by molar-refractivity contribution is 9.11. The molecule has 2 heterocycles. The minimum absolute atomic E-state index is 0.253. The van der Waals surface area contributed by atoms with Crippen LogP contribution < -0.4 is 5.73 Å². The maximum Gasteiger partial charge on any atom is 0.253 e. The van der Waals surface area contributed by atoms with Crippen molar-refractivity contribution in [2.75, 3.05) is 6.54 Å². The van der Waals surface area contributed by atoms with E-state index in [9.17, 15) is 8.42 Å². The third-order valence-corrected chi connectivity index (χ3v) is 7.70. The molecule has 100 valence electrons. The van der Waals surface area contributed by atoms with Crippen LogP contribution in [0.3, 0.4) is 0 Å². The van der Waals surface area contributed by atoms with Crippen LogP contribution in [0.2, 0.25) is 0 Å². The zero-order valence-corrected chi connectivity index (χ0v) is 13.8. The Morgan fingerprint density at radius 2 is 2.33 bits per heavy atom. The van der Waals surface area contributed by atoms with E-state index in [0.29, 0.717) is 17.2 Å². The Morgan fingerprint density at radius 3 is 2.83 bits per heavy atom. The smallest absolute Gasteiger partial charge is 0.253 e. The van der Waals surface area contributed by atoms with E-state index in [0.717, 1.165) is 15.8 Å². The Hall–Kier alpha value is -0.0200. The fourth-order valence-corrected chi connectivity index (χ4v) is 6.33. The second-order valence-corrected chi connectivity index (χ2v) is 9.16. The van der Waals surface area contributed by atoms with Gasteiger partial charge < -0.3 is 5.73 Å². The van der Waals surface area contributed by atoms with Crippen LogP contribution >= 0.6 is 39.5 Å². The van der Waals surface area contributed by atoms with Gasteiger partial charge >= 0.3 is 0 Å². The first-order valence-electron chi connectivity index (χ1n) is 5.41. The lowest BCUT2D eigenvalue weighted by Crippen LogP contribution is -2.42. The molecule has 1 fully saturated rings. The van der Waals surface area contributed by atoms with Gasteiger partial charge in [0.1, 0.15) is 4.21 Å². The first-order valence-corrected chi connectivity index (χ1v) is 8.87. The van der Waals surface area contributed by atoms with Gasteiger partial charge in [-0.05, 0) is 47.3 Å². The molecule has 8 heteroatoms. The predicted molar refractivity (Wildman–Crippen MR) is 80.5 cm³/mol. The van der Waals surface area contributed by atoms with Crippen LogP contribution in [0.5, 0.6) is 0 Å². The van der Waals surface area contributed by atoms with E-state index in [4.69, 9.17) is 18.0 Å². The second kappa shape index (κ2) is 5.16. The number of nitrogens with zero attached hydrogens (tertiary/aromatic N) is 1. The zero-order valence-electron chi connectivity index (χ0n) is 9.72. The molecule has 0 radical (unpaired) electrons. The average molecular weight is 369 g/mol. The molecule has 1 aromatic rings. The van der Waals surface area contributed by atoms with Gasteiger partial charge in [-0.3, -0.25) is 0 Å². The van der Waals surface area contributed by atoms with Crippen LogP contribution in [-0.4, -0.2) is 30.3 Å². The first-order chi connectivity index (χ1) is 8.34. The number of rotatable bonds is 3. The van der Waals surface area contributed by atoms with E-state index in [1.54, 1.807) is 6.07 Å².